The van der Waals surface area contributed by atoms with E-state index in [0.29, 0.717) is 18.7 Å². The Bertz CT molecular complexity index is 587. The summed E-state index contributed by atoms with van der Waals surface area (Å²) in [5.74, 6) is 0. The minimum absolute atomic E-state index is 0.0928. The largest absolute Gasteiger partial charge is 0.399 e. The molecule has 1 aromatic carbocycles. The Morgan fingerprint density at radius 3 is 2.60 bits per heavy atom. The van der Waals surface area contributed by atoms with Gasteiger partial charge in [-0.3, -0.25) is 9.55 Å². The molecular weight excluding hydrogens is 273 g/mol. The van der Waals surface area contributed by atoms with Crippen LogP contribution in [0.5, 0.6) is 0 Å². The second-order valence-electron chi connectivity index (χ2n) is 4.58. The SMILES string of the molecule is Nc1ccc(CP(=O)(O)NCCc2ccccn2)cc1. The summed E-state index contributed by atoms with van der Waals surface area (Å²) in [5.41, 5.74) is 7.91. The molecule has 2 aromatic rings. The first-order chi connectivity index (χ1) is 9.55. The lowest BCUT2D eigenvalue weighted by Gasteiger charge is -2.13. The lowest BCUT2D eigenvalue weighted by Crippen LogP contribution is -2.15. The molecule has 1 atom stereocenters. The monoisotopic (exact) mass is 291 g/mol. The first-order valence-electron chi connectivity index (χ1n) is 6.36. The number of pyridine rings is 1. The van der Waals surface area contributed by atoms with Gasteiger partial charge in [0.15, 0.2) is 0 Å². The van der Waals surface area contributed by atoms with Crippen LogP contribution in [0.15, 0.2) is 48.7 Å². The van der Waals surface area contributed by atoms with Gasteiger partial charge >= 0.3 is 0 Å². The van der Waals surface area contributed by atoms with Gasteiger partial charge in [0.25, 0.3) is 7.52 Å². The van der Waals surface area contributed by atoms with Gasteiger partial charge < -0.3 is 10.6 Å². The van der Waals surface area contributed by atoms with Crippen molar-refractivity contribution in [1.29, 1.82) is 0 Å². The molecule has 5 nitrogen and oxygen atoms in total. The zero-order valence-corrected chi connectivity index (χ0v) is 12.0. The van der Waals surface area contributed by atoms with Gasteiger partial charge in [0, 0.05) is 30.5 Å². The molecule has 0 saturated heterocycles. The zero-order chi connectivity index (χ0) is 14.4. The van der Waals surface area contributed by atoms with Crippen LogP contribution < -0.4 is 10.8 Å². The minimum atomic E-state index is -3.39. The number of anilines is 1. The van der Waals surface area contributed by atoms with Crippen LogP contribution in [0.1, 0.15) is 11.3 Å². The molecule has 0 radical (unpaired) electrons. The van der Waals surface area contributed by atoms with E-state index in [0.717, 1.165) is 11.3 Å². The average Bonchev–Trinajstić information content (AvgIpc) is 2.42. The number of nitrogen functional groups attached to an aromatic ring is 1. The molecular formula is C14H18N3O2P. The fourth-order valence-corrected chi connectivity index (χ4v) is 3.11. The number of hydrogen-bond donors (Lipinski definition) is 3. The van der Waals surface area contributed by atoms with E-state index in [4.69, 9.17) is 5.73 Å². The highest BCUT2D eigenvalue weighted by molar-refractivity contribution is 7.55. The smallest absolute Gasteiger partial charge is 0.271 e. The summed E-state index contributed by atoms with van der Waals surface area (Å²) in [7, 11) is -3.39. The van der Waals surface area contributed by atoms with Crippen molar-refractivity contribution in [3.63, 3.8) is 0 Å². The third-order valence-corrected chi connectivity index (χ3v) is 4.35. The van der Waals surface area contributed by atoms with Gasteiger partial charge in [-0.15, -0.1) is 0 Å². The van der Waals surface area contributed by atoms with E-state index in [2.05, 4.69) is 10.1 Å². The Morgan fingerprint density at radius 2 is 1.95 bits per heavy atom. The van der Waals surface area contributed by atoms with Crippen LogP contribution in [-0.2, 0) is 17.1 Å². The molecule has 0 aliphatic rings. The number of nitrogens with zero attached hydrogens (tertiary/aromatic N) is 1. The third-order valence-electron chi connectivity index (χ3n) is 2.84. The molecule has 20 heavy (non-hydrogen) atoms. The molecule has 0 spiro atoms. The van der Waals surface area contributed by atoms with Crippen molar-refractivity contribution >= 4 is 13.2 Å². The summed E-state index contributed by atoms with van der Waals surface area (Å²) >= 11 is 0. The predicted octanol–water partition coefficient (Wildman–Crippen LogP) is 2.18. The molecule has 1 heterocycles. The van der Waals surface area contributed by atoms with Crippen molar-refractivity contribution in [1.82, 2.24) is 10.1 Å². The Hall–Kier alpha value is -1.68. The summed E-state index contributed by atoms with van der Waals surface area (Å²) < 4.78 is 12.1. The van der Waals surface area contributed by atoms with E-state index in [1.54, 1.807) is 30.5 Å². The van der Waals surface area contributed by atoms with E-state index < -0.39 is 7.52 Å². The van der Waals surface area contributed by atoms with Gasteiger partial charge in [-0.1, -0.05) is 18.2 Å². The minimum Gasteiger partial charge on any atom is -0.399 e. The van der Waals surface area contributed by atoms with Crippen LogP contribution in [0.25, 0.3) is 0 Å². The van der Waals surface area contributed by atoms with Gasteiger partial charge in [0.1, 0.15) is 0 Å². The number of aromatic nitrogens is 1. The number of hydrogen-bond acceptors (Lipinski definition) is 3. The van der Waals surface area contributed by atoms with Crippen LogP contribution >= 0.6 is 7.52 Å². The Morgan fingerprint density at radius 1 is 1.20 bits per heavy atom. The first-order valence-corrected chi connectivity index (χ1v) is 8.21. The Balaban J connectivity index is 1.84. The second-order valence-corrected chi connectivity index (χ2v) is 6.62. The van der Waals surface area contributed by atoms with E-state index in [9.17, 15) is 9.46 Å². The predicted molar refractivity (Wildman–Crippen MR) is 80.3 cm³/mol. The molecule has 2 rings (SSSR count). The van der Waals surface area contributed by atoms with Gasteiger partial charge in [0.2, 0.25) is 0 Å². The Labute approximate surface area is 118 Å². The molecule has 1 aromatic heterocycles. The zero-order valence-electron chi connectivity index (χ0n) is 11.1. The van der Waals surface area contributed by atoms with Crippen molar-refractivity contribution in [3.8, 4) is 0 Å². The summed E-state index contributed by atoms with van der Waals surface area (Å²) in [6.45, 7) is 0.416. The number of benzene rings is 1. The topological polar surface area (TPSA) is 88.2 Å². The van der Waals surface area contributed by atoms with E-state index >= 15 is 0 Å². The maximum absolute atomic E-state index is 12.1. The molecule has 0 aliphatic carbocycles. The van der Waals surface area contributed by atoms with Crippen molar-refractivity contribution in [2.75, 3.05) is 12.3 Å². The molecule has 6 heteroatoms. The van der Waals surface area contributed by atoms with Crippen molar-refractivity contribution in [2.45, 2.75) is 12.6 Å². The standard InChI is InChI=1S/C14H18N3O2P/c15-13-6-4-12(5-7-13)11-20(18,19)17-10-8-14-3-1-2-9-16-14/h1-7,9H,8,10-11,15H2,(H2,17,18,19). The summed E-state index contributed by atoms with van der Waals surface area (Å²) in [6, 6.07) is 12.6. The van der Waals surface area contributed by atoms with Crippen molar-refractivity contribution < 1.29 is 9.46 Å². The second kappa shape index (κ2) is 6.66. The number of rotatable bonds is 6. The lowest BCUT2D eigenvalue weighted by atomic mass is 10.2. The highest BCUT2D eigenvalue weighted by atomic mass is 31.2. The summed E-state index contributed by atoms with van der Waals surface area (Å²) in [6.07, 6.45) is 2.42. The van der Waals surface area contributed by atoms with Gasteiger partial charge in [0.05, 0.1) is 6.16 Å². The fraction of sp³-hybridized carbons (Fsp3) is 0.214. The van der Waals surface area contributed by atoms with Crippen LogP contribution in [0.2, 0.25) is 0 Å². The normalized spacial score (nSPS) is 13.8. The van der Waals surface area contributed by atoms with E-state index in [1.165, 1.54) is 0 Å². The first kappa shape index (κ1) is 14.7. The third kappa shape index (κ3) is 4.78. The van der Waals surface area contributed by atoms with E-state index in [1.807, 2.05) is 18.2 Å². The molecule has 4 N–H and O–H groups in total. The number of nitrogens with one attached hydrogen (secondary N) is 1. The van der Waals surface area contributed by atoms with Gasteiger partial charge in [-0.25, -0.2) is 5.09 Å². The number of nitrogens with two attached hydrogens (primary N) is 1. The van der Waals surface area contributed by atoms with Crippen molar-refractivity contribution in [2.24, 2.45) is 0 Å². The summed E-state index contributed by atoms with van der Waals surface area (Å²) in [5, 5.41) is 2.71. The molecule has 1 unspecified atom stereocenters. The maximum Gasteiger partial charge on any atom is 0.271 e. The van der Waals surface area contributed by atoms with E-state index in [-0.39, 0.29) is 6.16 Å². The molecule has 0 bridgehead atoms. The van der Waals surface area contributed by atoms with Crippen LogP contribution in [-0.4, -0.2) is 16.4 Å². The van der Waals surface area contributed by atoms with Crippen LogP contribution in [0.3, 0.4) is 0 Å². The molecule has 0 saturated carbocycles. The molecule has 0 amide bonds. The maximum atomic E-state index is 12.1. The van der Waals surface area contributed by atoms with Crippen molar-refractivity contribution in [3.05, 3.63) is 59.9 Å². The highest BCUT2D eigenvalue weighted by Gasteiger charge is 2.17. The van der Waals surface area contributed by atoms with Gasteiger partial charge in [-0.05, 0) is 29.8 Å². The quantitative estimate of drug-likeness (QED) is 0.561. The van der Waals surface area contributed by atoms with Crippen LogP contribution in [0.4, 0.5) is 5.69 Å². The molecule has 106 valence electrons. The molecule has 0 aliphatic heterocycles. The summed E-state index contributed by atoms with van der Waals surface area (Å²) in [4.78, 5) is 14.1. The lowest BCUT2D eigenvalue weighted by molar-refractivity contribution is 0.461. The average molecular weight is 291 g/mol. The highest BCUT2D eigenvalue weighted by Crippen LogP contribution is 2.39. The Kier molecular flexibility index (Phi) is 4.90. The molecule has 0 fully saturated rings. The van der Waals surface area contributed by atoms with Gasteiger partial charge in [-0.2, -0.15) is 0 Å². The fourth-order valence-electron chi connectivity index (χ4n) is 1.83. The van der Waals surface area contributed by atoms with Crippen LogP contribution in [0, 0.1) is 0 Å².